The first-order valence-corrected chi connectivity index (χ1v) is 20.8. The number of phosphoric acid groups is 1. The number of phosphoric ester groups is 1. The van der Waals surface area contributed by atoms with Crippen LogP contribution in [0, 0.1) is 0 Å². The van der Waals surface area contributed by atoms with Gasteiger partial charge in [0.05, 0.1) is 34.2 Å². The minimum Gasteiger partial charge on any atom is -0.462 e. The third-order valence-electron chi connectivity index (χ3n) is 7.42. The molecule has 0 aromatic carbocycles. The number of likely N-dealkylation sites (N-methyl/N-ethyl adjacent to an activating group) is 1. The lowest BCUT2D eigenvalue weighted by Crippen LogP contribution is -2.37. The number of rotatable bonds is 33. The molecule has 0 aliphatic heterocycles. The van der Waals surface area contributed by atoms with Crippen molar-refractivity contribution in [3.63, 3.8) is 0 Å². The Morgan fingerprint density at radius 2 is 1.15 bits per heavy atom. The maximum absolute atomic E-state index is 12.6. The summed E-state index contributed by atoms with van der Waals surface area (Å²) in [5.74, 6) is -0.975. The zero-order valence-corrected chi connectivity index (χ0v) is 33.9. The number of unbranched alkanes of at least 4 members (excludes halogenated alkanes) is 6. The number of carbonyl (C=O) groups is 2. The molecule has 0 aromatic heterocycles. The molecule has 0 aliphatic rings. The van der Waals surface area contributed by atoms with Crippen LogP contribution in [0.4, 0.5) is 0 Å². The zero-order valence-electron chi connectivity index (χ0n) is 33.0. The Morgan fingerprint density at radius 3 is 1.73 bits per heavy atom. The van der Waals surface area contributed by atoms with E-state index in [2.05, 4.69) is 80.7 Å². The number of carbonyl (C=O) groups excluding carboxylic acids is 2. The molecule has 0 rings (SSSR count). The molecular formula is C42H71NO8P+. The van der Waals surface area contributed by atoms with E-state index in [4.69, 9.17) is 18.5 Å². The maximum Gasteiger partial charge on any atom is 0.472 e. The highest BCUT2D eigenvalue weighted by molar-refractivity contribution is 7.47. The van der Waals surface area contributed by atoms with Crippen molar-refractivity contribution in [2.24, 2.45) is 0 Å². The van der Waals surface area contributed by atoms with Gasteiger partial charge in [0.2, 0.25) is 0 Å². The van der Waals surface area contributed by atoms with Crippen molar-refractivity contribution in [3.8, 4) is 0 Å². The third kappa shape index (κ3) is 37.0. The van der Waals surface area contributed by atoms with Crippen LogP contribution in [0.3, 0.4) is 0 Å². The van der Waals surface area contributed by atoms with Crippen LogP contribution in [0.1, 0.15) is 117 Å². The number of nitrogens with zero attached hydrogens (tertiary/aromatic N) is 1. The number of allylic oxidation sites excluding steroid dienone is 13. The lowest BCUT2D eigenvalue weighted by Gasteiger charge is -2.24. The molecule has 0 radical (unpaired) electrons. The monoisotopic (exact) mass is 748 g/mol. The fourth-order valence-electron chi connectivity index (χ4n) is 4.42. The minimum atomic E-state index is -4.40. The van der Waals surface area contributed by atoms with Crippen LogP contribution >= 0.6 is 7.82 Å². The highest BCUT2D eigenvalue weighted by Gasteiger charge is 2.26. The molecular weight excluding hydrogens is 677 g/mol. The molecule has 0 bridgehead atoms. The van der Waals surface area contributed by atoms with Crippen LogP contribution in [0.15, 0.2) is 85.1 Å². The Labute approximate surface area is 316 Å². The molecule has 10 heteroatoms. The topological polar surface area (TPSA) is 108 Å². The molecule has 296 valence electrons. The molecule has 2 unspecified atom stereocenters. The van der Waals surface area contributed by atoms with Gasteiger partial charge < -0.3 is 18.9 Å². The summed E-state index contributed by atoms with van der Waals surface area (Å²) in [5, 5.41) is 0. The normalized spacial score (nSPS) is 14.7. The van der Waals surface area contributed by atoms with Crippen molar-refractivity contribution in [1.29, 1.82) is 0 Å². The molecule has 0 amide bonds. The number of ether oxygens (including phenoxy) is 2. The number of esters is 2. The lowest BCUT2D eigenvalue weighted by atomic mass is 10.1. The molecule has 0 saturated heterocycles. The van der Waals surface area contributed by atoms with E-state index < -0.39 is 32.5 Å². The first kappa shape index (κ1) is 49.2. The van der Waals surface area contributed by atoms with E-state index in [0.29, 0.717) is 23.9 Å². The zero-order chi connectivity index (χ0) is 38.6. The van der Waals surface area contributed by atoms with Gasteiger partial charge in [0.15, 0.2) is 6.10 Å². The molecule has 9 nitrogen and oxygen atoms in total. The van der Waals surface area contributed by atoms with Crippen LogP contribution in [0.25, 0.3) is 0 Å². The first-order valence-electron chi connectivity index (χ1n) is 19.3. The van der Waals surface area contributed by atoms with Gasteiger partial charge in [-0.25, -0.2) is 4.57 Å². The van der Waals surface area contributed by atoms with Gasteiger partial charge >= 0.3 is 19.8 Å². The summed E-state index contributed by atoms with van der Waals surface area (Å²) < 4.78 is 34.0. The van der Waals surface area contributed by atoms with Crippen molar-refractivity contribution in [2.75, 3.05) is 47.5 Å². The summed E-state index contributed by atoms with van der Waals surface area (Å²) in [5.41, 5.74) is 0. The molecule has 0 aliphatic carbocycles. The predicted molar refractivity (Wildman–Crippen MR) is 215 cm³/mol. The van der Waals surface area contributed by atoms with E-state index >= 15 is 0 Å². The van der Waals surface area contributed by atoms with Gasteiger partial charge in [-0.3, -0.25) is 18.6 Å². The highest BCUT2D eigenvalue weighted by atomic mass is 31.2. The second-order valence-electron chi connectivity index (χ2n) is 13.6. The van der Waals surface area contributed by atoms with E-state index in [1.54, 1.807) is 6.08 Å². The second-order valence-corrected chi connectivity index (χ2v) is 15.0. The Hall–Kier alpha value is -2.81. The van der Waals surface area contributed by atoms with E-state index in [9.17, 15) is 19.0 Å². The van der Waals surface area contributed by atoms with Crippen molar-refractivity contribution in [1.82, 2.24) is 0 Å². The van der Waals surface area contributed by atoms with Crippen LogP contribution in [-0.2, 0) is 32.7 Å². The van der Waals surface area contributed by atoms with E-state index in [-0.39, 0.29) is 26.1 Å². The van der Waals surface area contributed by atoms with Gasteiger partial charge in [-0.05, 0) is 64.2 Å². The quantitative estimate of drug-likeness (QED) is 0.0232. The van der Waals surface area contributed by atoms with Gasteiger partial charge in [0.1, 0.15) is 19.8 Å². The predicted octanol–water partition coefficient (Wildman–Crippen LogP) is 10.5. The minimum absolute atomic E-state index is 0.000548. The standard InChI is InChI=1S/C42H70NO8P/c1-6-8-10-12-14-16-18-20-21-23-25-27-29-31-33-35-42(45)51-40(39-50-52(46,47)49-37-36-43(3,4)5)38-48-41(44)34-32-30-28-26-24-22-19-17-15-13-11-9-7-2/h8,10-11,13-14,16-17,19-21,25,27,31,33,40H,6-7,9,12,15,18,22-24,26,28-30,32,34-39H2,1-5H3/p+1/b10-8-,13-11-,16-14-,19-17-,21-20-,27-25-,33-31-. The Bertz CT molecular complexity index is 1160. The van der Waals surface area contributed by atoms with Gasteiger partial charge in [-0.2, -0.15) is 0 Å². The Kier molecular flexibility index (Phi) is 32.2. The molecule has 2 atom stereocenters. The Balaban J connectivity index is 4.63. The largest absolute Gasteiger partial charge is 0.472 e. The number of hydrogen-bond acceptors (Lipinski definition) is 7. The van der Waals surface area contributed by atoms with E-state index in [1.165, 1.54) is 6.42 Å². The summed E-state index contributed by atoms with van der Waals surface area (Å²) >= 11 is 0. The molecule has 0 spiro atoms. The average molecular weight is 749 g/mol. The summed E-state index contributed by atoms with van der Waals surface area (Å²) in [6.45, 7) is 4.07. The van der Waals surface area contributed by atoms with E-state index in [1.807, 2.05) is 33.3 Å². The van der Waals surface area contributed by atoms with Gasteiger partial charge in [-0.1, -0.05) is 125 Å². The van der Waals surface area contributed by atoms with Gasteiger partial charge in [0.25, 0.3) is 0 Å². The molecule has 0 saturated carbocycles. The first-order chi connectivity index (χ1) is 25.0. The van der Waals surface area contributed by atoms with Crippen molar-refractivity contribution in [2.45, 2.75) is 123 Å². The van der Waals surface area contributed by atoms with Crippen LogP contribution in [-0.4, -0.2) is 74.9 Å². The summed E-state index contributed by atoms with van der Waals surface area (Å²) in [6.07, 6.45) is 42.4. The molecule has 0 fully saturated rings. The summed E-state index contributed by atoms with van der Waals surface area (Å²) in [6, 6.07) is 0. The van der Waals surface area contributed by atoms with Crippen molar-refractivity contribution in [3.05, 3.63) is 85.1 Å². The lowest BCUT2D eigenvalue weighted by molar-refractivity contribution is -0.870. The van der Waals surface area contributed by atoms with Gasteiger partial charge in [0, 0.05) is 6.42 Å². The van der Waals surface area contributed by atoms with Crippen LogP contribution in [0.2, 0.25) is 0 Å². The molecule has 1 N–H and O–H groups in total. The summed E-state index contributed by atoms with van der Waals surface area (Å²) in [4.78, 5) is 35.1. The molecule has 0 heterocycles. The smallest absolute Gasteiger partial charge is 0.462 e. The number of hydrogen-bond donors (Lipinski definition) is 1. The fourth-order valence-corrected chi connectivity index (χ4v) is 5.16. The number of quaternary nitrogens is 1. The van der Waals surface area contributed by atoms with Crippen LogP contribution < -0.4 is 0 Å². The SMILES string of the molecule is CC/C=C\C/C=C\C/C=C\C/C=C\C/C=C\CC(=O)OC(COC(=O)CCCCCCC/C=C\C/C=C\CCC)COP(=O)(O)OCC[N+](C)(C)C. The van der Waals surface area contributed by atoms with Crippen molar-refractivity contribution < 1.29 is 42.1 Å². The Morgan fingerprint density at radius 1 is 0.635 bits per heavy atom. The average Bonchev–Trinajstić information content (AvgIpc) is 3.09. The molecule has 0 aromatic rings. The van der Waals surface area contributed by atoms with Gasteiger partial charge in [-0.15, -0.1) is 0 Å². The third-order valence-corrected chi connectivity index (χ3v) is 8.41. The fraction of sp³-hybridized carbons (Fsp3) is 0.619. The maximum atomic E-state index is 12.6. The van der Waals surface area contributed by atoms with Crippen LogP contribution in [0.5, 0.6) is 0 Å². The second kappa shape index (κ2) is 34.0. The molecule has 52 heavy (non-hydrogen) atoms. The van der Waals surface area contributed by atoms with E-state index in [0.717, 1.165) is 70.6 Å². The van der Waals surface area contributed by atoms with Crippen molar-refractivity contribution >= 4 is 19.8 Å². The summed E-state index contributed by atoms with van der Waals surface area (Å²) in [7, 11) is 1.39. The highest BCUT2D eigenvalue weighted by Crippen LogP contribution is 2.43.